The van der Waals surface area contributed by atoms with Crippen molar-refractivity contribution in [1.82, 2.24) is 15.1 Å². The molecule has 1 amide bonds. The molecule has 0 aliphatic carbocycles. The van der Waals surface area contributed by atoms with Crippen LogP contribution >= 0.6 is 24.0 Å². The maximum absolute atomic E-state index is 12.4. The third kappa shape index (κ3) is 4.97. The number of nitrogens with zero attached hydrogens (tertiary/aromatic N) is 2. The van der Waals surface area contributed by atoms with E-state index in [-0.39, 0.29) is 18.3 Å². The molecule has 24 heavy (non-hydrogen) atoms. The van der Waals surface area contributed by atoms with Crippen molar-refractivity contribution >= 4 is 29.9 Å². The van der Waals surface area contributed by atoms with Crippen molar-refractivity contribution in [1.29, 1.82) is 0 Å². The van der Waals surface area contributed by atoms with Gasteiger partial charge in [0.2, 0.25) is 0 Å². The molecule has 0 aliphatic rings. The summed E-state index contributed by atoms with van der Waals surface area (Å²) in [4.78, 5) is 12.4. The number of halogens is 2. The van der Waals surface area contributed by atoms with Gasteiger partial charge in [0.05, 0.1) is 17.8 Å². The summed E-state index contributed by atoms with van der Waals surface area (Å²) >= 11 is 6.20. The van der Waals surface area contributed by atoms with Crippen LogP contribution in [0.3, 0.4) is 0 Å². The zero-order valence-corrected chi connectivity index (χ0v) is 15.6. The van der Waals surface area contributed by atoms with Crippen molar-refractivity contribution in [3.05, 3.63) is 51.8 Å². The van der Waals surface area contributed by atoms with E-state index in [1.165, 1.54) is 0 Å². The molecule has 0 saturated heterocycles. The van der Waals surface area contributed by atoms with Gasteiger partial charge in [-0.15, -0.1) is 12.4 Å². The molecule has 5 nitrogen and oxygen atoms in total. The van der Waals surface area contributed by atoms with Crippen LogP contribution in [0.5, 0.6) is 0 Å². The van der Waals surface area contributed by atoms with Crippen molar-refractivity contribution in [3.63, 3.8) is 0 Å². The van der Waals surface area contributed by atoms with E-state index >= 15 is 0 Å². The van der Waals surface area contributed by atoms with Crippen LogP contribution in [0.25, 0.3) is 0 Å². The average Bonchev–Trinajstić information content (AvgIpc) is 2.80. The number of hydrogen-bond acceptors (Lipinski definition) is 3. The summed E-state index contributed by atoms with van der Waals surface area (Å²) in [6, 6.07) is 7.66. The van der Waals surface area contributed by atoms with Gasteiger partial charge in [0.15, 0.2) is 0 Å². The molecule has 2 rings (SSSR count). The minimum Gasteiger partial charge on any atom is -0.352 e. The van der Waals surface area contributed by atoms with Gasteiger partial charge in [0.1, 0.15) is 0 Å². The van der Waals surface area contributed by atoms with E-state index < -0.39 is 0 Å². The number of carbonyl (C=O) groups excluding carboxylic acids is 1. The van der Waals surface area contributed by atoms with Gasteiger partial charge < -0.3 is 11.1 Å². The third-order valence-corrected chi connectivity index (χ3v) is 4.17. The number of amides is 1. The summed E-state index contributed by atoms with van der Waals surface area (Å²) in [5.41, 5.74) is 8.65. The largest absolute Gasteiger partial charge is 0.352 e. The van der Waals surface area contributed by atoms with Crippen LogP contribution in [0.15, 0.2) is 24.3 Å². The minimum atomic E-state index is -0.0811. The molecule has 0 atom stereocenters. The Morgan fingerprint density at radius 2 is 2.00 bits per heavy atom. The summed E-state index contributed by atoms with van der Waals surface area (Å²) in [7, 11) is 0. The number of benzene rings is 1. The van der Waals surface area contributed by atoms with Crippen molar-refractivity contribution in [3.8, 4) is 0 Å². The predicted molar refractivity (Wildman–Crippen MR) is 100 cm³/mol. The Hall–Kier alpha value is -1.56. The first-order chi connectivity index (χ1) is 11.0. The lowest BCUT2D eigenvalue weighted by Gasteiger charge is -2.08. The van der Waals surface area contributed by atoms with Gasteiger partial charge in [-0.3, -0.25) is 9.48 Å². The lowest BCUT2D eigenvalue weighted by molar-refractivity contribution is 0.0951. The molecule has 132 valence electrons. The van der Waals surface area contributed by atoms with Crippen molar-refractivity contribution in [2.75, 3.05) is 13.1 Å². The molecule has 7 heteroatoms. The summed E-state index contributed by atoms with van der Waals surface area (Å²) in [6.45, 7) is 5.58. The van der Waals surface area contributed by atoms with Gasteiger partial charge in [0, 0.05) is 17.3 Å². The summed E-state index contributed by atoms with van der Waals surface area (Å²) in [6.07, 6.45) is 1.79. The SMILES string of the molecule is Cc1nn(Cc2ccccc2Cl)c(C)c1C(=O)NCCCCN.Cl. The second kappa shape index (κ2) is 9.67. The number of carbonyl (C=O) groups is 1. The number of unbranched alkanes of at least 4 members (excludes halogenated alkanes) is 1. The van der Waals surface area contributed by atoms with Gasteiger partial charge in [-0.1, -0.05) is 29.8 Å². The van der Waals surface area contributed by atoms with Gasteiger partial charge >= 0.3 is 0 Å². The normalized spacial score (nSPS) is 10.3. The highest BCUT2D eigenvalue weighted by Crippen LogP contribution is 2.19. The first kappa shape index (κ1) is 20.5. The van der Waals surface area contributed by atoms with E-state index in [4.69, 9.17) is 17.3 Å². The number of aromatic nitrogens is 2. The Labute approximate surface area is 154 Å². The van der Waals surface area contributed by atoms with Crippen molar-refractivity contribution in [2.45, 2.75) is 33.2 Å². The second-order valence-corrected chi connectivity index (χ2v) is 5.95. The Morgan fingerprint density at radius 1 is 1.29 bits per heavy atom. The zero-order chi connectivity index (χ0) is 16.8. The number of aryl methyl sites for hydroxylation is 1. The van der Waals surface area contributed by atoms with E-state index in [1.54, 1.807) is 0 Å². The monoisotopic (exact) mass is 370 g/mol. The van der Waals surface area contributed by atoms with Gasteiger partial charge in [-0.25, -0.2) is 0 Å². The van der Waals surface area contributed by atoms with Gasteiger partial charge in [-0.05, 0) is 44.9 Å². The Bertz CT molecular complexity index is 685. The molecule has 0 bridgehead atoms. The molecule has 1 aromatic carbocycles. The Morgan fingerprint density at radius 3 is 2.67 bits per heavy atom. The maximum atomic E-state index is 12.4. The number of nitrogens with one attached hydrogen (secondary N) is 1. The second-order valence-electron chi connectivity index (χ2n) is 5.55. The summed E-state index contributed by atoms with van der Waals surface area (Å²) in [5, 5.41) is 8.12. The van der Waals surface area contributed by atoms with Crippen molar-refractivity contribution in [2.24, 2.45) is 5.73 Å². The molecule has 0 radical (unpaired) electrons. The average molecular weight is 371 g/mol. The summed E-state index contributed by atoms with van der Waals surface area (Å²) in [5.74, 6) is -0.0811. The highest BCUT2D eigenvalue weighted by molar-refractivity contribution is 6.31. The molecule has 0 aliphatic heterocycles. The maximum Gasteiger partial charge on any atom is 0.255 e. The molecular weight excluding hydrogens is 347 g/mol. The van der Waals surface area contributed by atoms with Crippen LogP contribution in [-0.2, 0) is 6.54 Å². The van der Waals surface area contributed by atoms with E-state index in [1.807, 2.05) is 42.8 Å². The van der Waals surface area contributed by atoms with Gasteiger partial charge in [0.25, 0.3) is 5.91 Å². The fourth-order valence-corrected chi connectivity index (χ4v) is 2.72. The molecule has 3 N–H and O–H groups in total. The topological polar surface area (TPSA) is 72.9 Å². The fraction of sp³-hybridized carbons (Fsp3) is 0.412. The lowest BCUT2D eigenvalue weighted by atomic mass is 10.1. The Balaban J connectivity index is 0.00000288. The van der Waals surface area contributed by atoms with E-state index in [2.05, 4.69) is 10.4 Å². The molecule has 0 unspecified atom stereocenters. The number of rotatable bonds is 7. The zero-order valence-electron chi connectivity index (χ0n) is 14.0. The molecule has 1 heterocycles. The first-order valence-corrected chi connectivity index (χ1v) is 8.18. The molecule has 0 saturated carbocycles. The quantitative estimate of drug-likeness (QED) is 0.735. The molecular formula is C17H24Cl2N4O. The highest BCUT2D eigenvalue weighted by atomic mass is 35.5. The van der Waals surface area contributed by atoms with Crippen LogP contribution in [0.1, 0.15) is 40.2 Å². The molecule has 1 aromatic heterocycles. The van der Waals surface area contributed by atoms with Crippen molar-refractivity contribution < 1.29 is 4.79 Å². The third-order valence-electron chi connectivity index (χ3n) is 3.80. The standard InChI is InChI=1S/C17H23ClN4O.ClH/c1-12-16(17(23)20-10-6-5-9-19)13(2)22(21-12)11-14-7-3-4-8-15(14)18;/h3-4,7-8H,5-6,9-11,19H2,1-2H3,(H,20,23);1H. The Kier molecular flexibility index (Phi) is 8.25. The minimum absolute atomic E-state index is 0. The van der Waals surface area contributed by atoms with E-state index in [9.17, 15) is 4.79 Å². The molecule has 0 spiro atoms. The summed E-state index contributed by atoms with van der Waals surface area (Å²) < 4.78 is 1.82. The number of hydrogen-bond donors (Lipinski definition) is 2. The van der Waals surface area contributed by atoms with Crippen LogP contribution in [0.4, 0.5) is 0 Å². The lowest BCUT2D eigenvalue weighted by Crippen LogP contribution is -2.26. The fourth-order valence-electron chi connectivity index (χ4n) is 2.53. The van der Waals surface area contributed by atoms with Crippen LogP contribution < -0.4 is 11.1 Å². The highest BCUT2D eigenvalue weighted by Gasteiger charge is 2.18. The first-order valence-electron chi connectivity index (χ1n) is 7.80. The predicted octanol–water partition coefficient (Wildman–Crippen LogP) is 3.09. The van der Waals surface area contributed by atoms with Crippen LogP contribution in [-0.4, -0.2) is 28.8 Å². The van der Waals surface area contributed by atoms with Crippen LogP contribution in [0, 0.1) is 13.8 Å². The van der Waals surface area contributed by atoms with E-state index in [0.717, 1.165) is 29.8 Å². The van der Waals surface area contributed by atoms with E-state index in [0.29, 0.717) is 30.2 Å². The van der Waals surface area contributed by atoms with Gasteiger partial charge in [-0.2, -0.15) is 5.10 Å². The van der Waals surface area contributed by atoms with Crippen LogP contribution in [0.2, 0.25) is 5.02 Å². The molecule has 0 fully saturated rings. The molecule has 2 aromatic rings. The number of nitrogens with two attached hydrogens (primary N) is 1. The smallest absolute Gasteiger partial charge is 0.255 e.